The Morgan fingerprint density at radius 3 is 2.57 bits per heavy atom. The van der Waals surface area contributed by atoms with Crippen molar-refractivity contribution in [3.05, 3.63) is 46.3 Å². The number of nitrogens with one attached hydrogen (secondary N) is 2. The van der Waals surface area contributed by atoms with Gasteiger partial charge in [0.2, 0.25) is 15.9 Å². The SMILES string of the molecule is CCOC(=O)c1c(NC(=O)CNS(=O)(=O)c2ccccc2)sc2c1CCCC2. The number of ether oxygens (including phenoxy) is 1. The summed E-state index contributed by atoms with van der Waals surface area (Å²) in [4.78, 5) is 25.9. The summed E-state index contributed by atoms with van der Waals surface area (Å²) in [5.74, 6) is -0.995. The number of esters is 1. The first-order valence-electron chi connectivity index (χ1n) is 9.08. The van der Waals surface area contributed by atoms with E-state index in [-0.39, 0.29) is 11.5 Å². The maximum Gasteiger partial charge on any atom is 0.341 e. The Morgan fingerprint density at radius 2 is 1.86 bits per heavy atom. The molecule has 2 aromatic rings. The van der Waals surface area contributed by atoms with Crippen molar-refractivity contribution >= 4 is 38.2 Å². The third-order valence-corrected chi connectivity index (χ3v) is 7.00. The van der Waals surface area contributed by atoms with Crippen LogP contribution in [-0.2, 0) is 32.4 Å². The zero-order valence-electron chi connectivity index (χ0n) is 15.5. The molecule has 1 heterocycles. The molecule has 1 amide bonds. The number of amides is 1. The molecular formula is C19H22N2O5S2. The Labute approximate surface area is 168 Å². The van der Waals surface area contributed by atoms with Gasteiger partial charge < -0.3 is 10.1 Å². The maximum absolute atomic E-state index is 12.4. The van der Waals surface area contributed by atoms with Crippen molar-refractivity contribution in [2.75, 3.05) is 18.5 Å². The van der Waals surface area contributed by atoms with Crippen LogP contribution in [0.25, 0.3) is 0 Å². The molecule has 0 bridgehead atoms. The summed E-state index contributed by atoms with van der Waals surface area (Å²) in [5, 5.41) is 3.11. The molecule has 0 aliphatic heterocycles. The molecule has 0 fully saturated rings. The molecule has 0 atom stereocenters. The van der Waals surface area contributed by atoms with Crippen molar-refractivity contribution in [2.24, 2.45) is 0 Å². The van der Waals surface area contributed by atoms with Gasteiger partial charge in [0.25, 0.3) is 0 Å². The van der Waals surface area contributed by atoms with Crippen LogP contribution in [0.5, 0.6) is 0 Å². The molecule has 7 nitrogen and oxygen atoms in total. The van der Waals surface area contributed by atoms with Crippen LogP contribution in [0.4, 0.5) is 5.00 Å². The van der Waals surface area contributed by atoms with Gasteiger partial charge >= 0.3 is 5.97 Å². The van der Waals surface area contributed by atoms with Crippen LogP contribution >= 0.6 is 11.3 Å². The Balaban J connectivity index is 1.73. The molecule has 3 rings (SSSR count). The van der Waals surface area contributed by atoms with Gasteiger partial charge in [0, 0.05) is 4.88 Å². The molecule has 28 heavy (non-hydrogen) atoms. The quantitative estimate of drug-likeness (QED) is 0.668. The summed E-state index contributed by atoms with van der Waals surface area (Å²) < 4.78 is 31.9. The highest BCUT2D eigenvalue weighted by molar-refractivity contribution is 7.89. The van der Waals surface area contributed by atoms with E-state index < -0.39 is 28.4 Å². The van der Waals surface area contributed by atoms with Crippen LogP contribution in [0.2, 0.25) is 0 Å². The van der Waals surface area contributed by atoms with Gasteiger partial charge in [-0.25, -0.2) is 17.9 Å². The van der Waals surface area contributed by atoms with E-state index in [1.54, 1.807) is 25.1 Å². The van der Waals surface area contributed by atoms with E-state index in [2.05, 4.69) is 10.0 Å². The van der Waals surface area contributed by atoms with Crippen LogP contribution < -0.4 is 10.0 Å². The number of thiophene rings is 1. The smallest absolute Gasteiger partial charge is 0.341 e. The second-order valence-corrected chi connectivity index (χ2v) is 9.19. The number of rotatable bonds is 7. The number of benzene rings is 1. The normalized spacial score (nSPS) is 13.6. The first kappa shape index (κ1) is 20.5. The van der Waals surface area contributed by atoms with Crippen LogP contribution in [0, 0.1) is 0 Å². The number of carbonyl (C=O) groups is 2. The number of hydrogen-bond donors (Lipinski definition) is 2. The highest BCUT2D eigenvalue weighted by atomic mass is 32.2. The minimum absolute atomic E-state index is 0.0848. The fourth-order valence-electron chi connectivity index (χ4n) is 3.09. The van der Waals surface area contributed by atoms with E-state index in [1.165, 1.54) is 23.5 Å². The second-order valence-electron chi connectivity index (χ2n) is 6.32. The molecule has 0 unspecified atom stereocenters. The molecular weight excluding hydrogens is 400 g/mol. The first-order valence-corrected chi connectivity index (χ1v) is 11.4. The zero-order chi connectivity index (χ0) is 20.1. The third kappa shape index (κ3) is 4.60. The molecule has 1 aromatic heterocycles. The molecule has 0 saturated carbocycles. The van der Waals surface area contributed by atoms with E-state index in [1.807, 2.05) is 0 Å². The average Bonchev–Trinajstić information content (AvgIpc) is 3.05. The molecule has 1 aliphatic rings. The van der Waals surface area contributed by atoms with Gasteiger partial charge in [0.05, 0.1) is 23.6 Å². The van der Waals surface area contributed by atoms with Gasteiger partial charge in [-0.2, -0.15) is 0 Å². The van der Waals surface area contributed by atoms with Gasteiger partial charge in [-0.15, -0.1) is 11.3 Å². The fourth-order valence-corrected chi connectivity index (χ4v) is 5.38. The number of hydrogen-bond acceptors (Lipinski definition) is 6. The van der Waals surface area contributed by atoms with Gasteiger partial charge in [0.15, 0.2) is 0 Å². The Kier molecular flexibility index (Phi) is 6.48. The lowest BCUT2D eigenvalue weighted by Gasteiger charge is -2.12. The Hall–Kier alpha value is -2.23. The second kappa shape index (κ2) is 8.85. The predicted molar refractivity (Wildman–Crippen MR) is 107 cm³/mol. The predicted octanol–water partition coefficient (Wildman–Crippen LogP) is 2.72. The molecule has 9 heteroatoms. The largest absolute Gasteiger partial charge is 0.462 e. The lowest BCUT2D eigenvalue weighted by molar-refractivity contribution is -0.115. The highest BCUT2D eigenvalue weighted by Gasteiger charge is 2.27. The number of aryl methyl sites for hydroxylation is 1. The van der Waals surface area contributed by atoms with E-state index in [0.29, 0.717) is 10.6 Å². The van der Waals surface area contributed by atoms with E-state index in [4.69, 9.17) is 4.74 Å². The van der Waals surface area contributed by atoms with Gasteiger partial charge in [0.1, 0.15) is 5.00 Å². The zero-order valence-corrected chi connectivity index (χ0v) is 17.1. The highest BCUT2D eigenvalue weighted by Crippen LogP contribution is 2.38. The lowest BCUT2D eigenvalue weighted by Crippen LogP contribution is -2.33. The van der Waals surface area contributed by atoms with Crippen molar-refractivity contribution in [2.45, 2.75) is 37.5 Å². The minimum atomic E-state index is -3.78. The van der Waals surface area contributed by atoms with Crippen molar-refractivity contribution in [3.8, 4) is 0 Å². The summed E-state index contributed by atoms with van der Waals surface area (Å²) in [5.41, 5.74) is 1.34. The number of sulfonamides is 1. The van der Waals surface area contributed by atoms with Crippen molar-refractivity contribution in [1.29, 1.82) is 0 Å². The molecule has 0 radical (unpaired) electrons. The molecule has 150 valence electrons. The monoisotopic (exact) mass is 422 g/mol. The summed E-state index contributed by atoms with van der Waals surface area (Å²) in [6.45, 7) is 1.54. The average molecular weight is 423 g/mol. The molecule has 2 N–H and O–H groups in total. The third-order valence-electron chi connectivity index (χ3n) is 4.38. The topological polar surface area (TPSA) is 102 Å². The van der Waals surface area contributed by atoms with Crippen molar-refractivity contribution in [1.82, 2.24) is 4.72 Å². The summed E-state index contributed by atoms with van der Waals surface area (Å²) in [6.07, 6.45) is 3.67. The standard InChI is InChI=1S/C19H22N2O5S2/c1-2-26-19(23)17-14-10-6-7-11-15(14)27-18(17)21-16(22)12-20-28(24,25)13-8-4-3-5-9-13/h3-5,8-9,20H,2,6-7,10-12H2,1H3,(H,21,22). The number of fused-ring (bicyclic) bond motifs is 1. The van der Waals surface area contributed by atoms with E-state index in [0.717, 1.165) is 36.1 Å². The van der Waals surface area contributed by atoms with Gasteiger partial charge in [-0.1, -0.05) is 18.2 Å². The fraction of sp³-hybridized carbons (Fsp3) is 0.368. The molecule has 0 saturated heterocycles. The van der Waals surface area contributed by atoms with Gasteiger partial charge in [-0.05, 0) is 50.3 Å². The van der Waals surface area contributed by atoms with Crippen LogP contribution in [0.3, 0.4) is 0 Å². The molecule has 1 aliphatic carbocycles. The van der Waals surface area contributed by atoms with Crippen molar-refractivity contribution in [3.63, 3.8) is 0 Å². The molecule has 1 aromatic carbocycles. The number of carbonyl (C=O) groups excluding carboxylic acids is 2. The summed E-state index contributed by atoms with van der Waals surface area (Å²) in [6, 6.07) is 7.83. The first-order chi connectivity index (χ1) is 13.4. The molecule has 0 spiro atoms. The van der Waals surface area contributed by atoms with Crippen LogP contribution in [0.1, 0.15) is 40.6 Å². The van der Waals surface area contributed by atoms with Crippen LogP contribution in [0.15, 0.2) is 35.2 Å². The number of anilines is 1. The van der Waals surface area contributed by atoms with Crippen LogP contribution in [-0.4, -0.2) is 33.4 Å². The Morgan fingerprint density at radius 1 is 1.14 bits per heavy atom. The van der Waals surface area contributed by atoms with Crippen molar-refractivity contribution < 1.29 is 22.7 Å². The minimum Gasteiger partial charge on any atom is -0.462 e. The maximum atomic E-state index is 12.4. The lowest BCUT2D eigenvalue weighted by atomic mass is 9.95. The summed E-state index contributed by atoms with van der Waals surface area (Å²) in [7, 11) is -3.78. The van der Waals surface area contributed by atoms with E-state index >= 15 is 0 Å². The summed E-state index contributed by atoms with van der Waals surface area (Å²) >= 11 is 1.36. The Bertz CT molecular complexity index is 968. The van der Waals surface area contributed by atoms with E-state index in [9.17, 15) is 18.0 Å². The van der Waals surface area contributed by atoms with Gasteiger partial charge in [-0.3, -0.25) is 4.79 Å².